The molecule has 2 aromatic heterocycles. The normalized spacial score (nSPS) is 19.4. The van der Waals surface area contributed by atoms with E-state index in [2.05, 4.69) is 33.8 Å². The van der Waals surface area contributed by atoms with E-state index in [4.69, 9.17) is 4.98 Å². The highest BCUT2D eigenvalue weighted by Crippen LogP contribution is 2.34. The SMILES string of the molecule is O=C(c1cn(C2CCNCC2)nn1)N1CCC(c2nc3ccccc3s2)CC1. The molecule has 8 heteroatoms. The summed E-state index contributed by atoms with van der Waals surface area (Å²) in [6.45, 7) is 3.49. The molecule has 28 heavy (non-hydrogen) atoms. The molecule has 2 aliphatic rings. The van der Waals surface area contributed by atoms with Crippen molar-refractivity contribution in [3.63, 3.8) is 0 Å². The van der Waals surface area contributed by atoms with E-state index in [-0.39, 0.29) is 5.91 Å². The predicted octanol–water partition coefficient (Wildman–Crippen LogP) is 2.83. The first-order valence-electron chi connectivity index (χ1n) is 10.1. The fraction of sp³-hybridized carbons (Fsp3) is 0.500. The number of thiazole rings is 1. The number of para-hydroxylation sites is 1. The minimum atomic E-state index is 0.00272. The highest BCUT2D eigenvalue weighted by Gasteiger charge is 2.28. The lowest BCUT2D eigenvalue weighted by Gasteiger charge is -2.30. The maximum Gasteiger partial charge on any atom is 0.276 e. The van der Waals surface area contributed by atoms with Crippen molar-refractivity contribution in [2.45, 2.75) is 37.6 Å². The first-order chi connectivity index (χ1) is 13.8. The molecule has 2 saturated heterocycles. The summed E-state index contributed by atoms with van der Waals surface area (Å²) in [6, 6.07) is 8.63. The molecule has 0 bridgehead atoms. The number of likely N-dealkylation sites (tertiary alicyclic amines) is 1. The van der Waals surface area contributed by atoms with Crippen LogP contribution in [-0.4, -0.2) is 57.0 Å². The molecule has 4 heterocycles. The maximum absolute atomic E-state index is 12.9. The molecule has 1 amide bonds. The lowest BCUT2D eigenvalue weighted by atomic mass is 9.97. The topological polar surface area (TPSA) is 75.9 Å². The zero-order valence-corrected chi connectivity index (χ0v) is 16.6. The average Bonchev–Trinajstić information content (AvgIpc) is 3.41. The van der Waals surface area contributed by atoms with Gasteiger partial charge < -0.3 is 10.2 Å². The van der Waals surface area contributed by atoms with Crippen molar-refractivity contribution < 1.29 is 4.79 Å². The van der Waals surface area contributed by atoms with Gasteiger partial charge in [0.2, 0.25) is 0 Å². The second-order valence-corrected chi connectivity index (χ2v) is 8.71. The molecule has 146 valence electrons. The molecule has 3 aromatic rings. The number of fused-ring (bicyclic) bond motifs is 1. The maximum atomic E-state index is 12.9. The summed E-state index contributed by atoms with van der Waals surface area (Å²) >= 11 is 1.78. The summed E-state index contributed by atoms with van der Waals surface area (Å²) in [4.78, 5) is 19.6. The summed E-state index contributed by atoms with van der Waals surface area (Å²) < 4.78 is 3.12. The Morgan fingerprint density at radius 3 is 2.68 bits per heavy atom. The summed E-state index contributed by atoms with van der Waals surface area (Å²) in [5.74, 6) is 0.440. The number of amides is 1. The van der Waals surface area contributed by atoms with Gasteiger partial charge in [-0.2, -0.15) is 0 Å². The third-order valence-corrected chi connectivity index (χ3v) is 7.05. The van der Waals surface area contributed by atoms with Crippen LogP contribution in [0.2, 0.25) is 0 Å². The first kappa shape index (κ1) is 17.8. The molecule has 0 atom stereocenters. The molecule has 2 aliphatic heterocycles. The predicted molar refractivity (Wildman–Crippen MR) is 109 cm³/mol. The van der Waals surface area contributed by atoms with Crippen LogP contribution in [0, 0.1) is 0 Å². The van der Waals surface area contributed by atoms with Gasteiger partial charge in [-0.25, -0.2) is 9.67 Å². The summed E-state index contributed by atoms with van der Waals surface area (Å²) in [7, 11) is 0. The van der Waals surface area contributed by atoms with Crippen LogP contribution in [0.4, 0.5) is 0 Å². The number of piperidine rings is 2. The third kappa shape index (κ3) is 3.42. The van der Waals surface area contributed by atoms with Gasteiger partial charge in [-0.05, 0) is 50.9 Å². The van der Waals surface area contributed by atoms with Crippen molar-refractivity contribution >= 4 is 27.5 Å². The molecule has 2 fully saturated rings. The number of carbonyl (C=O) groups excluding carboxylic acids is 1. The van der Waals surface area contributed by atoms with Crippen molar-refractivity contribution in [3.8, 4) is 0 Å². The van der Waals surface area contributed by atoms with E-state index in [0.29, 0.717) is 17.7 Å². The molecular weight excluding hydrogens is 372 g/mol. The number of hydrogen-bond donors (Lipinski definition) is 1. The van der Waals surface area contributed by atoms with E-state index in [0.717, 1.165) is 57.4 Å². The highest BCUT2D eigenvalue weighted by atomic mass is 32.1. The molecule has 0 aliphatic carbocycles. The third-order valence-electron chi connectivity index (χ3n) is 5.85. The average molecular weight is 397 g/mol. The van der Waals surface area contributed by atoms with Crippen LogP contribution in [0.25, 0.3) is 10.2 Å². The monoisotopic (exact) mass is 396 g/mol. The Morgan fingerprint density at radius 1 is 1.11 bits per heavy atom. The Hall–Kier alpha value is -2.32. The summed E-state index contributed by atoms with van der Waals surface area (Å²) in [5.41, 5.74) is 1.55. The van der Waals surface area contributed by atoms with E-state index in [1.807, 2.05) is 21.8 Å². The van der Waals surface area contributed by atoms with E-state index >= 15 is 0 Å². The van der Waals surface area contributed by atoms with Gasteiger partial charge in [-0.15, -0.1) is 16.4 Å². The Morgan fingerprint density at radius 2 is 1.89 bits per heavy atom. The second-order valence-electron chi connectivity index (χ2n) is 7.65. The number of hydrogen-bond acceptors (Lipinski definition) is 6. The molecule has 1 N–H and O–H groups in total. The van der Waals surface area contributed by atoms with Gasteiger partial charge in [0.15, 0.2) is 5.69 Å². The molecular formula is C20H24N6OS. The van der Waals surface area contributed by atoms with E-state index in [1.54, 1.807) is 11.3 Å². The van der Waals surface area contributed by atoms with Gasteiger partial charge in [0.05, 0.1) is 27.5 Å². The zero-order chi connectivity index (χ0) is 18.9. The Balaban J connectivity index is 1.22. The van der Waals surface area contributed by atoms with Crippen molar-refractivity contribution in [2.24, 2.45) is 0 Å². The highest BCUT2D eigenvalue weighted by molar-refractivity contribution is 7.18. The molecule has 5 rings (SSSR count). The molecule has 7 nitrogen and oxygen atoms in total. The number of nitrogens with zero attached hydrogens (tertiary/aromatic N) is 5. The van der Waals surface area contributed by atoms with E-state index in [9.17, 15) is 4.79 Å². The first-order valence-corrected chi connectivity index (χ1v) is 10.9. The Labute approximate surface area is 167 Å². The summed E-state index contributed by atoms with van der Waals surface area (Å²) in [6.07, 6.45) is 5.80. The van der Waals surface area contributed by atoms with Crippen LogP contribution in [0.15, 0.2) is 30.5 Å². The van der Waals surface area contributed by atoms with Crippen LogP contribution in [-0.2, 0) is 0 Å². The number of benzene rings is 1. The molecule has 1 aromatic carbocycles. The van der Waals surface area contributed by atoms with Crippen LogP contribution >= 0.6 is 11.3 Å². The van der Waals surface area contributed by atoms with Crippen LogP contribution in [0.5, 0.6) is 0 Å². The number of rotatable bonds is 3. The fourth-order valence-electron chi connectivity index (χ4n) is 4.18. The molecule has 0 radical (unpaired) electrons. The number of aromatic nitrogens is 4. The molecule has 0 saturated carbocycles. The van der Waals surface area contributed by atoms with Gasteiger partial charge in [0.1, 0.15) is 0 Å². The van der Waals surface area contributed by atoms with Crippen molar-refractivity contribution in [1.29, 1.82) is 0 Å². The second kappa shape index (κ2) is 7.60. The van der Waals surface area contributed by atoms with E-state index < -0.39 is 0 Å². The lowest BCUT2D eigenvalue weighted by Crippen LogP contribution is -2.38. The van der Waals surface area contributed by atoms with Crippen LogP contribution < -0.4 is 5.32 Å². The van der Waals surface area contributed by atoms with Gasteiger partial charge >= 0.3 is 0 Å². The quantitative estimate of drug-likeness (QED) is 0.737. The molecule has 0 spiro atoms. The molecule has 0 unspecified atom stereocenters. The van der Waals surface area contributed by atoms with Gasteiger partial charge in [-0.1, -0.05) is 17.3 Å². The Bertz CT molecular complexity index is 935. The number of nitrogens with one attached hydrogen (secondary N) is 1. The minimum Gasteiger partial charge on any atom is -0.337 e. The van der Waals surface area contributed by atoms with Gasteiger partial charge in [-0.3, -0.25) is 4.79 Å². The number of carbonyl (C=O) groups is 1. The van der Waals surface area contributed by atoms with Crippen LogP contribution in [0.1, 0.15) is 53.1 Å². The van der Waals surface area contributed by atoms with Gasteiger partial charge in [0.25, 0.3) is 5.91 Å². The van der Waals surface area contributed by atoms with E-state index in [1.165, 1.54) is 9.71 Å². The zero-order valence-electron chi connectivity index (χ0n) is 15.8. The summed E-state index contributed by atoms with van der Waals surface area (Å²) in [5, 5.41) is 12.9. The standard InChI is InChI=1S/C20H24N6OS/c27-20(17-13-26(24-23-17)15-5-9-21-10-6-15)25-11-7-14(8-12-25)19-22-16-3-1-2-4-18(16)28-19/h1-4,13-15,21H,5-12H2. The van der Waals surface area contributed by atoms with Crippen LogP contribution in [0.3, 0.4) is 0 Å². The Kier molecular flexibility index (Phi) is 4.82. The van der Waals surface area contributed by atoms with Crippen molar-refractivity contribution in [2.75, 3.05) is 26.2 Å². The fourth-order valence-corrected chi connectivity index (χ4v) is 5.32. The van der Waals surface area contributed by atoms with Gasteiger partial charge in [0, 0.05) is 19.0 Å². The smallest absolute Gasteiger partial charge is 0.276 e. The van der Waals surface area contributed by atoms with Crippen molar-refractivity contribution in [1.82, 2.24) is 30.2 Å². The minimum absolute atomic E-state index is 0.00272. The van der Waals surface area contributed by atoms with Crippen molar-refractivity contribution in [3.05, 3.63) is 41.2 Å². The lowest BCUT2D eigenvalue weighted by molar-refractivity contribution is 0.0707. The largest absolute Gasteiger partial charge is 0.337 e.